The molecule has 8 heteroatoms. The minimum atomic E-state index is -0.746. The Morgan fingerprint density at radius 1 is 1.09 bits per heavy atom. The van der Waals surface area contributed by atoms with Crippen molar-refractivity contribution in [3.8, 4) is 0 Å². The van der Waals surface area contributed by atoms with Crippen molar-refractivity contribution in [3.05, 3.63) is 69.0 Å². The summed E-state index contributed by atoms with van der Waals surface area (Å²) in [5.74, 6) is -0.0219. The Morgan fingerprint density at radius 3 is 2.41 bits per heavy atom. The molecule has 0 radical (unpaired) electrons. The molecule has 1 saturated heterocycles. The zero-order chi connectivity index (χ0) is 22.2. The van der Waals surface area contributed by atoms with Crippen LogP contribution in [0.25, 0.3) is 11.0 Å². The fraction of sp³-hybridized carbons (Fsp3) is 0.375. The van der Waals surface area contributed by atoms with E-state index in [0.29, 0.717) is 50.7 Å². The fourth-order valence-electron chi connectivity index (χ4n) is 5.00. The maximum atomic E-state index is 13.5. The van der Waals surface area contributed by atoms with Gasteiger partial charge in [0.1, 0.15) is 16.9 Å². The smallest absolute Gasteiger partial charge is 0.256 e. The topological polar surface area (TPSA) is 116 Å². The molecule has 1 amide bonds. The van der Waals surface area contributed by atoms with Crippen LogP contribution in [0.1, 0.15) is 33.1 Å². The lowest BCUT2D eigenvalue weighted by molar-refractivity contribution is 0.0996. The summed E-state index contributed by atoms with van der Waals surface area (Å²) in [4.78, 5) is 32.8. The van der Waals surface area contributed by atoms with Crippen LogP contribution in [0.3, 0.4) is 0 Å². The van der Waals surface area contributed by atoms with E-state index < -0.39 is 11.3 Å². The molecule has 0 unspecified atom stereocenters. The molecule has 0 atom stereocenters. The van der Waals surface area contributed by atoms with Gasteiger partial charge in [0.15, 0.2) is 0 Å². The summed E-state index contributed by atoms with van der Waals surface area (Å²) in [6.45, 7) is 2.98. The number of nitrogens with two attached hydrogens (primary N) is 2. The molecule has 1 aliphatic carbocycles. The first-order valence-electron chi connectivity index (χ1n) is 11.0. The first-order valence-corrected chi connectivity index (χ1v) is 11.0. The van der Waals surface area contributed by atoms with Gasteiger partial charge in [-0.25, -0.2) is 4.98 Å². The van der Waals surface area contributed by atoms with Crippen LogP contribution >= 0.6 is 0 Å². The molecule has 1 aliphatic heterocycles. The van der Waals surface area contributed by atoms with Gasteiger partial charge in [-0.15, -0.1) is 0 Å². The SMILES string of the molecule is NCCn1c(N2CCOCC2)c(C(N)=O)c(=O)c2nc(C3Cc4ccccc4C3)ccc21. The molecule has 32 heavy (non-hydrogen) atoms. The number of fused-ring (bicyclic) bond motifs is 2. The molecule has 0 saturated carbocycles. The second-order valence-electron chi connectivity index (χ2n) is 8.41. The van der Waals surface area contributed by atoms with Gasteiger partial charge in [-0.3, -0.25) is 9.59 Å². The molecule has 2 aromatic heterocycles. The fourth-order valence-corrected chi connectivity index (χ4v) is 5.00. The van der Waals surface area contributed by atoms with Crippen molar-refractivity contribution < 1.29 is 9.53 Å². The predicted molar refractivity (Wildman–Crippen MR) is 123 cm³/mol. The predicted octanol–water partition coefficient (Wildman–Crippen LogP) is 1.17. The summed E-state index contributed by atoms with van der Waals surface area (Å²) in [6, 6.07) is 12.3. The number of nitrogens with zero attached hydrogens (tertiary/aromatic N) is 3. The van der Waals surface area contributed by atoms with E-state index in [4.69, 9.17) is 21.2 Å². The molecule has 2 aliphatic rings. The lowest BCUT2D eigenvalue weighted by atomic mass is 10.0. The van der Waals surface area contributed by atoms with Crippen molar-refractivity contribution >= 4 is 22.8 Å². The number of primary amides is 1. The number of benzene rings is 1. The number of carbonyl (C=O) groups excluding carboxylic acids is 1. The summed E-state index contributed by atoms with van der Waals surface area (Å²) in [5.41, 5.74) is 15.7. The minimum Gasteiger partial charge on any atom is -0.378 e. The van der Waals surface area contributed by atoms with E-state index in [9.17, 15) is 9.59 Å². The number of ether oxygens (including phenoxy) is 1. The highest BCUT2D eigenvalue weighted by Gasteiger charge is 2.28. The van der Waals surface area contributed by atoms with Gasteiger partial charge in [-0.05, 0) is 36.1 Å². The van der Waals surface area contributed by atoms with Crippen molar-refractivity contribution in [1.82, 2.24) is 9.55 Å². The van der Waals surface area contributed by atoms with Crippen molar-refractivity contribution in [2.24, 2.45) is 11.5 Å². The van der Waals surface area contributed by atoms with Crippen molar-refractivity contribution in [1.29, 1.82) is 0 Å². The van der Waals surface area contributed by atoms with Crippen LogP contribution in [0.5, 0.6) is 0 Å². The van der Waals surface area contributed by atoms with E-state index in [2.05, 4.69) is 12.1 Å². The molecule has 8 nitrogen and oxygen atoms in total. The van der Waals surface area contributed by atoms with E-state index in [0.717, 1.165) is 18.5 Å². The first kappa shape index (κ1) is 20.7. The summed E-state index contributed by atoms with van der Waals surface area (Å²) in [7, 11) is 0. The van der Waals surface area contributed by atoms with Gasteiger partial charge < -0.3 is 25.7 Å². The number of rotatable bonds is 5. The standard InChI is InChI=1S/C24H27N5O3/c25-7-8-29-19-6-5-18(17-13-15-3-1-2-4-16(15)14-17)27-21(19)22(30)20(23(26)31)24(29)28-9-11-32-12-10-28/h1-6,17H,7-14,25H2,(H2,26,31). The average molecular weight is 434 g/mol. The second kappa shape index (κ2) is 8.37. The zero-order valence-corrected chi connectivity index (χ0v) is 17.9. The highest BCUT2D eigenvalue weighted by atomic mass is 16.5. The van der Waals surface area contributed by atoms with E-state index in [-0.39, 0.29) is 17.0 Å². The highest BCUT2D eigenvalue weighted by molar-refractivity contribution is 6.01. The summed E-state index contributed by atoms with van der Waals surface area (Å²) >= 11 is 0. The van der Waals surface area contributed by atoms with Crippen molar-refractivity contribution in [2.45, 2.75) is 25.3 Å². The Labute approximate surface area is 185 Å². The van der Waals surface area contributed by atoms with Crippen LogP contribution in [-0.4, -0.2) is 48.3 Å². The van der Waals surface area contributed by atoms with Crippen molar-refractivity contribution in [2.75, 3.05) is 37.7 Å². The number of morpholine rings is 1. The maximum Gasteiger partial charge on any atom is 0.256 e. The average Bonchev–Trinajstić information content (AvgIpc) is 3.25. The third-order valence-electron chi connectivity index (χ3n) is 6.49. The molecular weight excluding hydrogens is 406 g/mol. The molecule has 1 aromatic carbocycles. The van der Waals surface area contributed by atoms with Crippen molar-refractivity contribution in [3.63, 3.8) is 0 Å². The number of hydrogen-bond donors (Lipinski definition) is 2. The largest absolute Gasteiger partial charge is 0.378 e. The van der Waals surface area contributed by atoms with Crippen LogP contribution in [0.4, 0.5) is 5.82 Å². The van der Waals surface area contributed by atoms with Gasteiger partial charge in [0.25, 0.3) is 5.91 Å². The lowest BCUT2D eigenvalue weighted by Gasteiger charge is -2.33. The number of hydrogen-bond acceptors (Lipinski definition) is 6. The summed E-state index contributed by atoms with van der Waals surface area (Å²) < 4.78 is 7.38. The molecule has 1 fully saturated rings. The monoisotopic (exact) mass is 433 g/mol. The van der Waals surface area contributed by atoms with Crippen LogP contribution in [0.2, 0.25) is 0 Å². The molecule has 4 N–H and O–H groups in total. The summed E-state index contributed by atoms with van der Waals surface area (Å²) in [6.07, 6.45) is 1.78. The zero-order valence-electron chi connectivity index (χ0n) is 17.9. The van der Waals surface area contributed by atoms with E-state index >= 15 is 0 Å². The molecule has 0 spiro atoms. The highest BCUT2D eigenvalue weighted by Crippen LogP contribution is 2.34. The molecule has 3 aromatic rings. The molecule has 0 bridgehead atoms. The number of pyridine rings is 2. The third kappa shape index (κ3) is 3.45. The van der Waals surface area contributed by atoms with Gasteiger partial charge in [0, 0.05) is 37.8 Å². The molecular formula is C24H27N5O3. The Morgan fingerprint density at radius 2 is 1.78 bits per heavy atom. The van der Waals surface area contributed by atoms with Crippen LogP contribution < -0.4 is 21.8 Å². The molecule has 3 heterocycles. The van der Waals surface area contributed by atoms with Crippen LogP contribution in [-0.2, 0) is 24.1 Å². The lowest BCUT2D eigenvalue weighted by Crippen LogP contribution is -2.42. The van der Waals surface area contributed by atoms with Gasteiger partial charge >= 0.3 is 0 Å². The van der Waals surface area contributed by atoms with Crippen LogP contribution in [0, 0.1) is 0 Å². The molecule has 166 valence electrons. The number of carbonyl (C=O) groups is 1. The van der Waals surface area contributed by atoms with Gasteiger partial charge in [0.05, 0.1) is 18.7 Å². The van der Waals surface area contributed by atoms with E-state index in [1.54, 1.807) is 0 Å². The third-order valence-corrected chi connectivity index (χ3v) is 6.49. The summed E-state index contributed by atoms with van der Waals surface area (Å²) in [5, 5.41) is 0. The maximum absolute atomic E-state index is 13.5. The van der Waals surface area contributed by atoms with Gasteiger partial charge in [-0.1, -0.05) is 24.3 Å². The quantitative estimate of drug-likeness (QED) is 0.624. The van der Waals surface area contributed by atoms with Gasteiger partial charge in [-0.2, -0.15) is 0 Å². The minimum absolute atomic E-state index is 0.0211. The Bertz CT molecular complexity index is 1220. The normalized spacial score (nSPS) is 16.5. The Balaban J connectivity index is 1.67. The van der Waals surface area contributed by atoms with Gasteiger partial charge in [0.2, 0.25) is 5.43 Å². The molecule has 5 rings (SSSR count). The Kier molecular flexibility index (Phi) is 5.40. The number of anilines is 1. The van der Waals surface area contributed by atoms with E-state index in [1.807, 2.05) is 33.7 Å². The first-order chi connectivity index (χ1) is 15.6. The van der Waals surface area contributed by atoms with E-state index in [1.165, 1.54) is 11.1 Å². The second-order valence-corrected chi connectivity index (χ2v) is 8.41. The Hall–Kier alpha value is -3.23. The van der Waals surface area contributed by atoms with Crippen LogP contribution in [0.15, 0.2) is 41.2 Å². The number of amides is 1. The number of aromatic nitrogens is 2.